The van der Waals surface area contributed by atoms with Crippen molar-refractivity contribution < 1.29 is 28.3 Å². The van der Waals surface area contributed by atoms with Crippen molar-refractivity contribution >= 4 is 17.7 Å². The van der Waals surface area contributed by atoms with Crippen LogP contribution in [0.3, 0.4) is 0 Å². The van der Waals surface area contributed by atoms with Gasteiger partial charge in [-0.1, -0.05) is 13.8 Å². The second-order valence-corrected chi connectivity index (χ2v) is 11.3. The van der Waals surface area contributed by atoms with Crippen LogP contribution >= 0.6 is 0 Å². The maximum absolute atomic E-state index is 14.1. The first-order chi connectivity index (χ1) is 21.6. The van der Waals surface area contributed by atoms with Crippen molar-refractivity contribution in [1.29, 1.82) is 0 Å². The SMILES string of the molecule is CCCN(CCC)C(=O)c1cc(C)cc(C(=O)N[C@@H](Cc2cc(F)cc(F)c2)[C@H](O)[C@H]2CN(C(=O)c3cnccn3)CCN2)c1. The Bertz CT molecular complexity index is 1470. The highest BCUT2D eigenvalue weighted by Gasteiger charge is 2.35. The summed E-state index contributed by atoms with van der Waals surface area (Å²) >= 11 is 0. The van der Waals surface area contributed by atoms with Crippen molar-refractivity contribution in [2.75, 3.05) is 32.7 Å². The molecule has 12 heteroatoms. The fraction of sp³-hybridized carbons (Fsp3) is 0.424. The molecular formula is C33H40F2N6O4. The molecule has 0 saturated carbocycles. The summed E-state index contributed by atoms with van der Waals surface area (Å²) < 4.78 is 28.2. The Balaban J connectivity index is 1.59. The molecule has 10 nitrogen and oxygen atoms in total. The van der Waals surface area contributed by atoms with E-state index in [0.29, 0.717) is 37.3 Å². The number of carbonyl (C=O) groups is 3. The summed E-state index contributed by atoms with van der Waals surface area (Å²) in [5.41, 5.74) is 1.68. The van der Waals surface area contributed by atoms with Gasteiger partial charge in [0.05, 0.1) is 24.4 Å². The van der Waals surface area contributed by atoms with Gasteiger partial charge in [-0.25, -0.2) is 13.8 Å². The lowest BCUT2D eigenvalue weighted by Gasteiger charge is -2.38. The largest absolute Gasteiger partial charge is 0.389 e. The van der Waals surface area contributed by atoms with E-state index in [0.717, 1.165) is 31.0 Å². The number of rotatable bonds is 12. The van der Waals surface area contributed by atoms with Gasteiger partial charge in [-0.05, 0) is 67.6 Å². The Morgan fingerprint density at radius 2 is 1.73 bits per heavy atom. The van der Waals surface area contributed by atoms with Crippen molar-refractivity contribution in [3.8, 4) is 0 Å². The van der Waals surface area contributed by atoms with E-state index >= 15 is 0 Å². The van der Waals surface area contributed by atoms with Gasteiger partial charge in [0, 0.05) is 62.3 Å². The highest BCUT2D eigenvalue weighted by Crippen LogP contribution is 2.18. The van der Waals surface area contributed by atoms with Crippen molar-refractivity contribution in [2.45, 2.75) is 58.2 Å². The Morgan fingerprint density at radius 1 is 1.04 bits per heavy atom. The molecule has 1 aliphatic rings. The number of halogens is 2. The second kappa shape index (κ2) is 15.6. The lowest BCUT2D eigenvalue weighted by Crippen LogP contribution is -2.62. The standard InChI is InChI=1S/C33H40F2N6O4/c1-4-9-40(10-5-2)32(44)24-13-21(3)12-23(17-24)31(43)39-27(16-22-14-25(34)18-26(35)15-22)30(42)29-20-41(11-8-38-29)33(45)28-19-36-6-7-37-28/h6-7,12-15,17-19,27,29-30,38,42H,4-5,8-11,16,20H2,1-3H3,(H,39,43)/t27-,29+,30-/m0/s1. The van der Waals surface area contributed by atoms with Gasteiger partial charge in [0.1, 0.15) is 17.3 Å². The van der Waals surface area contributed by atoms with Crippen molar-refractivity contribution in [3.05, 3.63) is 94.6 Å². The number of aromatic nitrogens is 2. The van der Waals surface area contributed by atoms with E-state index in [9.17, 15) is 28.3 Å². The van der Waals surface area contributed by atoms with Crippen molar-refractivity contribution in [2.24, 2.45) is 0 Å². The van der Waals surface area contributed by atoms with E-state index in [1.807, 2.05) is 13.8 Å². The van der Waals surface area contributed by atoms with Crippen LogP contribution in [0, 0.1) is 18.6 Å². The van der Waals surface area contributed by atoms with Crippen LogP contribution in [0.2, 0.25) is 0 Å². The Morgan fingerprint density at radius 3 is 2.38 bits per heavy atom. The maximum atomic E-state index is 14.1. The normalized spacial score (nSPS) is 16.1. The quantitative estimate of drug-likeness (QED) is 0.283. The summed E-state index contributed by atoms with van der Waals surface area (Å²) in [7, 11) is 0. The van der Waals surface area contributed by atoms with Crippen molar-refractivity contribution in [1.82, 2.24) is 30.4 Å². The van der Waals surface area contributed by atoms with Gasteiger partial charge in [0.25, 0.3) is 17.7 Å². The molecule has 1 fully saturated rings. The summed E-state index contributed by atoms with van der Waals surface area (Å²) in [6.07, 6.45) is 4.46. The van der Waals surface area contributed by atoms with Gasteiger partial charge in [0.15, 0.2) is 0 Å². The highest BCUT2D eigenvalue weighted by molar-refractivity contribution is 6.00. The smallest absolute Gasteiger partial charge is 0.274 e. The van der Waals surface area contributed by atoms with Crippen LogP contribution in [0.25, 0.3) is 0 Å². The Hall–Kier alpha value is -4.29. The van der Waals surface area contributed by atoms with Crippen LogP contribution in [0.5, 0.6) is 0 Å². The Kier molecular flexibility index (Phi) is 11.7. The van der Waals surface area contributed by atoms with E-state index in [4.69, 9.17) is 0 Å². The van der Waals surface area contributed by atoms with Crippen molar-refractivity contribution in [3.63, 3.8) is 0 Å². The van der Waals surface area contributed by atoms with Gasteiger partial charge < -0.3 is 25.5 Å². The summed E-state index contributed by atoms with van der Waals surface area (Å²) in [6, 6.07) is 6.23. The van der Waals surface area contributed by atoms with Crippen LogP contribution in [-0.4, -0.2) is 93.5 Å². The van der Waals surface area contributed by atoms with Crippen LogP contribution in [0.4, 0.5) is 8.78 Å². The van der Waals surface area contributed by atoms with E-state index in [1.54, 1.807) is 24.0 Å². The second-order valence-electron chi connectivity index (χ2n) is 11.3. The van der Waals surface area contributed by atoms with Crippen LogP contribution in [-0.2, 0) is 6.42 Å². The van der Waals surface area contributed by atoms with E-state index in [2.05, 4.69) is 20.6 Å². The van der Waals surface area contributed by atoms with E-state index < -0.39 is 35.7 Å². The zero-order valence-corrected chi connectivity index (χ0v) is 25.8. The van der Waals surface area contributed by atoms with Crippen LogP contribution in [0.15, 0.2) is 55.0 Å². The number of nitrogens with one attached hydrogen (secondary N) is 2. The van der Waals surface area contributed by atoms with E-state index in [1.165, 1.54) is 29.6 Å². The third-order valence-electron chi connectivity index (χ3n) is 7.65. The summed E-state index contributed by atoms with van der Waals surface area (Å²) in [6.45, 7) is 7.76. The number of amides is 3. The zero-order valence-electron chi connectivity index (χ0n) is 25.8. The average Bonchev–Trinajstić information content (AvgIpc) is 3.03. The molecule has 0 unspecified atom stereocenters. The molecule has 3 atom stereocenters. The number of piperazine rings is 1. The number of aliphatic hydroxyl groups is 1. The molecule has 3 aromatic rings. The maximum Gasteiger partial charge on any atom is 0.274 e. The molecule has 1 aromatic heterocycles. The molecule has 45 heavy (non-hydrogen) atoms. The average molecular weight is 623 g/mol. The molecule has 240 valence electrons. The molecule has 0 spiro atoms. The summed E-state index contributed by atoms with van der Waals surface area (Å²) in [5, 5.41) is 17.6. The fourth-order valence-electron chi connectivity index (χ4n) is 5.61. The van der Waals surface area contributed by atoms with Gasteiger partial charge in [-0.2, -0.15) is 0 Å². The van der Waals surface area contributed by atoms with Crippen LogP contribution < -0.4 is 10.6 Å². The number of nitrogens with zero attached hydrogens (tertiary/aromatic N) is 4. The molecule has 3 amide bonds. The topological polar surface area (TPSA) is 128 Å². The first-order valence-corrected chi connectivity index (χ1v) is 15.2. The van der Waals surface area contributed by atoms with Gasteiger partial charge >= 0.3 is 0 Å². The molecule has 2 aromatic carbocycles. The number of hydrogen-bond acceptors (Lipinski definition) is 7. The first-order valence-electron chi connectivity index (χ1n) is 15.2. The minimum absolute atomic E-state index is 0.0915. The predicted molar refractivity (Wildman–Crippen MR) is 165 cm³/mol. The predicted octanol–water partition coefficient (Wildman–Crippen LogP) is 3.14. The molecule has 3 N–H and O–H groups in total. The number of aliphatic hydroxyl groups excluding tert-OH is 1. The molecular weight excluding hydrogens is 582 g/mol. The third kappa shape index (κ3) is 8.89. The number of aryl methyl sites for hydroxylation is 1. The first kappa shape index (κ1) is 33.6. The molecule has 0 bridgehead atoms. The monoisotopic (exact) mass is 622 g/mol. The minimum atomic E-state index is -1.27. The van der Waals surface area contributed by atoms with Gasteiger partial charge in [-0.3, -0.25) is 19.4 Å². The number of carbonyl (C=O) groups excluding carboxylic acids is 3. The third-order valence-corrected chi connectivity index (χ3v) is 7.65. The number of benzene rings is 2. The molecule has 1 aliphatic heterocycles. The van der Waals surface area contributed by atoms with Gasteiger partial charge in [0.2, 0.25) is 0 Å². The molecule has 0 radical (unpaired) electrons. The van der Waals surface area contributed by atoms with Gasteiger partial charge in [-0.15, -0.1) is 0 Å². The summed E-state index contributed by atoms with van der Waals surface area (Å²) in [4.78, 5) is 51.3. The lowest BCUT2D eigenvalue weighted by molar-refractivity contribution is 0.0406. The molecule has 2 heterocycles. The molecule has 0 aliphatic carbocycles. The molecule has 4 rings (SSSR count). The minimum Gasteiger partial charge on any atom is -0.389 e. The summed E-state index contributed by atoms with van der Waals surface area (Å²) in [5.74, 6) is -2.66. The highest BCUT2D eigenvalue weighted by atomic mass is 19.1. The number of hydrogen-bond donors (Lipinski definition) is 3. The fourth-order valence-corrected chi connectivity index (χ4v) is 5.61. The van der Waals surface area contributed by atoms with E-state index in [-0.39, 0.29) is 41.6 Å². The molecule has 1 saturated heterocycles. The van der Waals surface area contributed by atoms with Crippen LogP contribution in [0.1, 0.15) is 69.0 Å². The Labute approximate surface area is 261 Å². The lowest BCUT2D eigenvalue weighted by atomic mass is 9.94. The zero-order chi connectivity index (χ0) is 32.5.